The van der Waals surface area contributed by atoms with E-state index >= 15 is 0 Å². The second-order valence-corrected chi connectivity index (χ2v) is 4.53. The Morgan fingerprint density at radius 3 is 2.77 bits per heavy atom. The smallest absolute Gasteiger partial charge is 0.253 e. The quantitative estimate of drug-likeness (QED) is 0.840. The van der Waals surface area contributed by atoms with Gasteiger partial charge in [0, 0.05) is 12.3 Å². The number of amides is 1. The van der Waals surface area contributed by atoms with Gasteiger partial charge in [0.2, 0.25) is 5.56 Å². The van der Waals surface area contributed by atoms with Gasteiger partial charge >= 0.3 is 0 Å². The van der Waals surface area contributed by atoms with E-state index < -0.39 is 0 Å². The number of carbonyl (C=O) groups excluding carboxylic acids is 1. The Balaban J connectivity index is 1.75. The normalized spacial score (nSPS) is 9.50. The number of H-pyrrole nitrogens is 1. The summed E-state index contributed by atoms with van der Waals surface area (Å²) in [4.78, 5) is 25.1. The molecule has 112 valence electrons. The van der Waals surface area contributed by atoms with Crippen molar-refractivity contribution in [2.75, 3.05) is 13.2 Å². The van der Waals surface area contributed by atoms with Gasteiger partial charge in [0.15, 0.2) is 0 Å². The van der Waals surface area contributed by atoms with Crippen LogP contribution in [0, 0.1) is 18.8 Å². The number of carbonyl (C=O) groups is 1. The molecule has 0 aliphatic carbocycles. The lowest BCUT2D eigenvalue weighted by Crippen LogP contribution is -2.24. The van der Waals surface area contributed by atoms with Crippen LogP contribution < -0.4 is 15.6 Å². The Morgan fingerprint density at radius 1 is 1.23 bits per heavy atom. The first-order valence-corrected chi connectivity index (χ1v) is 6.78. The molecule has 2 aromatic rings. The Bertz CT molecular complexity index is 749. The average molecular weight is 296 g/mol. The molecule has 0 spiro atoms. The molecule has 0 saturated heterocycles. The summed E-state index contributed by atoms with van der Waals surface area (Å²) >= 11 is 0. The Hall–Kier alpha value is -3.00. The SMILES string of the molecule is Cc1ccccc1OCC#CCNC(=O)c1ccc(=O)[nH]c1. The second-order valence-electron chi connectivity index (χ2n) is 4.53. The Kier molecular flexibility index (Phi) is 5.38. The van der Waals surface area contributed by atoms with E-state index in [9.17, 15) is 9.59 Å². The molecule has 0 aliphatic heterocycles. The van der Waals surface area contributed by atoms with Crippen molar-refractivity contribution in [2.24, 2.45) is 0 Å². The van der Waals surface area contributed by atoms with Gasteiger partial charge in [0.1, 0.15) is 12.4 Å². The zero-order valence-corrected chi connectivity index (χ0v) is 12.2. The molecule has 0 radical (unpaired) electrons. The number of aromatic nitrogens is 1. The molecule has 0 atom stereocenters. The first-order chi connectivity index (χ1) is 10.7. The lowest BCUT2D eigenvalue weighted by molar-refractivity contribution is 0.0958. The fourth-order valence-corrected chi connectivity index (χ4v) is 1.72. The van der Waals surface area contributed by atoms with Gasteiger partial charge in [-0.15, -0.1) is 0 Å². The molecular formula is C17H16N2O3. The molecule has 2 rings (SSSR count). The molecule has 5 nitrogen and oxygen atoms in total. The van der Waals surface area contributed by atoms with Crippen molar-refractivity contribution in [2.45, 2.75) is 6.92 Å². The average Bonchev–Trinajstić information content (AvgIpc) is 2.53. The number of nitrogens with one attached hydrogen (secondary N) is 2. The van der Waals surface area contributed by atoms with Crippen LogP contribution in [0.15, 0.2) is 47.4 Å². The lowest BCUT2D eigenvalue weighted by Gasteiger charge is -2.04. The number of benzene rings is 1. The highest BCUT2D eigenvalue weighted by atomic mass is 16.5. The molecule has 0 aliphatic rings. The number of aromatic amines is 1. The summed E-state index contributed by atoms with van der Waals surface area (Å²) < 4.78 is 5.52. The monoisotopic (exact) mass is 296 g/mol. The molecule has 0 fully saturated rings. The molecule has 1 heterocycles. The van der Waals surface area contributed by atoms with E-state index in [-0.39, 0.29) is 24.6 Å². The summed E-state index contributed by atoms with van der Waals surface area (Å²) in [6.07, 6.45) is 1.37. The minimum Gasteiger partial charge on any atom is -0.481 e. The van der Waals surface area contributed by atoms with Crippen LogP contribution in [0.1, 0.15) is 15.9 Å². The van der Waals surface area contributed by atoms with Crippen LogP contribution in [-0.4, -0.2) is 24.0 Å². The van der Waals surface area contributed by atoms with Gasteiger partial charge in [-0.1, -0.05) is 30.0 Å². The zero-order chi connectivity index (χ0) is 15.8. The lowest BCUT2D eigenvalue weighted by atomic mass is 10.2. The highest BCUT2D eigenvalue weighted by Crippen LogP contribution is 2.15. The van der Waals surface area contributed by atoms with Crippen molar-refractivity contribution in [3.8, 4) is 17.6 Å². The highest BCUT2D eigenvalue weighted by Gasteiger charge is 2.02. The van der Waals surface area contributed by atoms with E-state index in [1.54, 1.807) is 0 Å². The van der Waals surface area contributed by atoms with E-state index in [0.717, 1.165) is 11.3 Å². The van der Waals surface area contributed by atoms with Crippen molar-refractivity contribution in [3.63, 3.8) is 0 Å². The molecule has 1 aromatic heterocycles. The largest absolute Gasteiger partial charge is 0.481 e. The van der Waals surface area contributed by atoms with Gasteiger partial charge in [-0.25, -0.2) is 0 Å². The van der Waals surface area contributed by atoms with Crippen molar-refractivity contribution in [3.05, 3.63) is 64.1 Å². The van der Waals surface area contributed by atoms with Gasteiger partial charge in [-0.2, -0.15) is 0 Å². The third kappa shape index (κ3) is 4.53. The van der Waals surface area contributed by atoms with Crippen LogP contribution >= 0.6 is 0 Å². The maximum Gasteiger partial charge on any atom is 0.253 e. The molecule has 0 unspecified atom stereocenters. The van der Waals surface area contributed by atoms with Gasteiger partial charge in [0.25, 0.3) is 5.91 Å². The maximum absolute atomic E-state index is 11.7. The second kappa shape index (κ2) is 7.70. The summed E-state index contributed by atoms with van der Waals surface area (Å²) in [6.45, 7) is 2.45. The summed E-state index contributed by atoms with van der Waals surface area (Å²) in [5.74, 6) is 6.15. The first-order valence-electron chi connectivity index (χ1n) is 6.78. The van der Waals surface area contributed by atoms with E-state index in [2.05, 4.69) is 22.1 Å². The Labute approximate surface area is 128 Å². The summed E-state index contributed by atoms with van der Waals surface area (Å²) in [6, 6.07) is 10.5. The molecular weight excluding hydrogens is 280 g/mol. The molecule has 1 aromatic carbocycles. The van der Waals surface area contributed by atoms with Gasteiger partial charge in [-0.05, 0) is 24.6 Å². The molecule has 2 N–H and O–H groups in total. The van der Waals surface area contributed by atoms with Crippen molar-refractivity contribution < 1.29 is 9.53 Å². The number of aryl methyl sites for hydroxylation is 1. The van der Waals surface area contributed by atoms with Gasteiger partial charge < -0.3 is 15.0 Å². The number of pyridine rings is 1. The Morgan fingerprint density at radius 2 is 2.05 bits per heavy atom. The standard InChI is InChI=1S/C17H16N2O3/c1-13-6-2-3-7-15(13)22-11-5-4-10-18-17(21)14-8-9-16(20)19-12-14/h2-3,6-9,12H,10-11H2,1H3,(H,18,21)(H,19,20). The third-order valence-corrected chi connectivity index (χ3v) is 2.90. The summed E-state index contributed by atoms with van der Waals surface area (Å²) in [7, 11) is 0. The molecule has 0 saturated carbocycles. The van der Waals surface area contributed by atoms with Crippen LogP contribution in [0.5, 0.6) is 5.75 Å². The predicted molar refractivity (Wildman–Crippen MR) is 83.8 cm³/mol. The number of hydrogen-bond acceptors (Lipinski definition) is 3. The molecule has 1 amide bonds. The van der Waals surface area contributed by atoms with Crippen LogP contribution in [0.4, 0.5) is 0 Å². The number of para-hydroxylation sites is 1. The van der Waals surface area contributed by atoms with Crippen LogP contribution in [-0.2, 0) is 0 Å². The van der Waals surface area contributed by atoms with Crippen LogP contribution in [0.2, 0.25) is 0 Å². The minimum atomic E-state index is -0.287. The van der Waals surface area contributed by atoms with Crippen molar-refractivity contribution >= 4 is 5.91 Å². The first kappa shape index (κ1) is 15.4. The zero-order valence-electron chi connectivity index (χ0n) is 12.2. The van der Waals surface area contributed by atoms with E-state index in [0.29, 0.717) is 5.56 Å². The predicted octanol–water partition coefficient (Wildman–Crippen LogP) is 1.50. The fourth-order valence-electron chi connectivity index (χ4n) is 1.72. The van der Waals surface area contributed by atoms with E-state index in [1.165, 1.54) is 18.3 Å². The van der Waals surface area contributed by atoms with Crippen molar-refractivity contribution in [1.82, 2.24) is 10.3 Å². The molecule has 5 heteroatoms. The number of rotatable bonds is 4. The van der Waals surface area contributed by atoms with Gasteiger partial charge in [0.05, 0.1) is 12.1 Å². The maximum atomic E-state index is 11.7. The van der Waals surface area contributed by atoms with Crippen molar-refractivity contribution in [1.29, 1.82) is 0 Å². The summed E-state index contributed by atoms with van der Waals surface area (Å²) in [5.41, 5.74) is 1.19. The minimum absolute atomic E-state index is 0.217. The topological polar surface area (TPSA) is 71.2 Å². The molecule has 0 bridgehead atoms. The molecule has 22 heavy (non-hydrogen) atoms. The van der Waals surface area contributed by atoms with Crippen LogP contribution in [0.25, 0.3) is 0 Å². The van der Waals surface area contributed by atoms with Gasteiger partial charge in [-0.3, -0.25) is 9.59 Å². The number of ether oxygens (including phenoxy) is 1. The fraction of sp³-hybridized carbons (Fsp3) is 0.176. The summed E-state index contributed by atoms with van der Waals surface area (Å²) in [5, 5.41) is 2.64. The van der Waals surface area contributed by atoms with E-state index in [4.69, 9.17) is 4.74 Å². The van der Waals surface area contributed by atoms with E-state index in [1.807, 2.05) is 31.2 Å². The third-order valence-electron chi connectivity index (χ3n) is 2.90. The highest BCUT2D eigenvalue weighted by molar-refractivity contribution is 5.93. The number of hydrogen-bond donors (Lipinski definition) is 2. The van der Waals surface area contributed by atoms with Crippen LogP contribution in [0.3, 0.4) is 0 Å².